The minimum absolute atomic E-state index is 0.0592. The fourth-order valence-electron chi connectivity index (χ4n) is 2.09. The Morgan fingerprint density at radius 1 is 1.29 bits per heavy atom. The van der Waals surface area contributed by atoms with Crippen molar-refractivity contribution in [3.05, 3.63) is 48.0 Å². The average Bonchev–Trinajstić information content (AvgIpc) is 2.58. The van der Waals surface area contributed by atoms with Gasteiger partial charge in [0.25, 0.3) is 0 Å². The van der Waals surface area contributed by atoms with Crippen LogP contribution >= 0.6 is 11.8 Å². The number of aliphatic hydroxyl groups excluding tert-OH is 1. The molecule has 0 aliphatic rings. The zero-order valence-corrected chi connectivity index (χ0v) is 14.1. The highest BCUT2D eigenvalue weighted by Crippen LogP contribution is 2.27. The molecule has 4 N–H and O–H groups in total. The lowest BCUT2D eigenvalue weighted by Crippen LogP contribution is -2.16. The number of anilines is 3. The first-order chi connectivity index (χ1) is 11.5. The van der Waals surface area contributed by atoms with Crippen molar-refractivity contribution >= 4 is 34.7 Å². The quantitative estimate of drug-likeness (QED) is 0.528. The average molecular weight is 350 g/mol. The lowest BCUT2D eigenvalue weighted by molar-refractivity contribution is -0.115. The smallest absolute Gasteiger partial charge is 0.238 e. The van der Waals surface area contributed by atoms with Crippen LogP contribution in [0.15, 0.2) is 42.5 Å². The van der Waals surface area contributed by atoms with Gasteiger partial charge in [0.15, 0.2) is 0 Å². The van der Waals surface area contributed by atoms with Crippen LogP contribution in [-0.4, -0.2) is 24.2 Å². The van der Waals surface area contributed by atoms with Gasteiger partial charge in [-0.3, -0.25) is 4.79 Å². The Bertz CT molecular complexity index is 692. The molecule has 0 bridgehead atoms. The van der Waals surface area contributed by atoms with Crippen molar-refractivity contribution in [2.45, 2.75) is 13.5 Å². The lowest BCUT2D eigenvalue weighted by Gasteiger charge is -2.15. The van der Waals surface area contributed by atoms with Gasteiger partial charge < -0.3 is 20.9 Å². The van der Waals surface area contributed by atoms with Gasteiger partial charge in [-0.15, -0.1) is 0 Å². The van der Waals surface area contributed by atoms with Crippen molar-refractivity contribution < 1.29 is 14.6 Å². The molecule has 6 nitrogen and oxygen atoms in total. The maximum atomic E-state index is 11.2. The normalized spacial score (nSPS) is 10.3. The van der Waals surface area contributed by atoms with E-state index in [1.54, 1.807) is 30.3 Å². The molecule has 0 aliphatic heterocycles. The largest absolute Gasteiger partial charge is 0.489 e. The molecule has 1 amide bonds. The first-order valence-corrected chi connectivity index (χ1v) is 7.77. The molecule has 0 aliphatic carbocycles. The Balaban J connectivity index is 2.05. The molecule has 2 rings (SSSR count). The van der Waals surface area contributed by atoms with Crippen LogP contribution in [-0.2, 0) is 11.3 Å². The molecule has 0 heterocycles. The number of nitrogens with one attached hydrogen (secondary N) is 1. The maximum Gasteiger partial charge on any atom is 0.238 e. The maximum absolute atomic E-state index is 11.2. The highest BCUT2D eigenvalue weighted by atomic mass is 35.5. The van der Waals surface area contributed by atoms with Crippen LogP contribution in [0.25, 0.3) is 0 Å². The lowest BCUT2D eigenvalue weighted by atomic mass is 10.2. The molecular formula is C17H20ClN3O3. The van der Waals surface area contributed by atoms with Crippen LogP contribution in [0.5, 0.6) is 5.75 Å². The van der Waals surface area contributed by atoms with E-state index < -0.39 is 0 Å². The standard InChI is InChI=1S/C17H20ClN3O3/c1-12(23)21(18)15-5-2-13(3-6-15)11-20-16-10-14(19)4-7-17(16)24-9-8-22/h2-7,10,20,22H,8-9,11,19H2,1H3. The second kappa shape index (κ2) is 8.42. The second-order valence-corrected chi connectivity index (χ2v) is 5.49. The summed E-state index contributed by atoms with van der Waals surface area (Å²) < 4.78 is 6.54. The van der Waals surface area contributed by atoms with Gasteiger partial charge in [-0.2, -0.15) is 0 Å². The summed E-state index contributed by atoms with van der Waals surface area (Å²) in [5.74, 6) is 0.381. The van der Waals surface area contributed by atoms with E-state index in [1.807, 2.05) is 12.1 Å². The minimum Gasteiger partial charge on any atom is -0.489 e. The molecule has 0 radical (unpaired) electrons. The molecule has 2 aromatic rings. The van der Waals surface area contributed by atoms with E-state index in [0.717, 1.165) is 15.7 Å². The number of amides is 1. The van der Waals surface area contributed by atoms with E-state index in [0.29, 0.717) is 23.7 Å². The van der Waals surface area contributed by atoms with E-state index in [9.17, 15) is 4.79 Å². The molecule has 0 fully saturated rings. The summed E-state index contributed by atoms with van der Waals surface area (Å²) in [6.07, 6.45) is 0. The fraction of sp³-hybridized carbons (Fsp3) is 0.235. The van der Waals surface area contributed by atoms with Gasteiger partial charge in [-0.1, -0.05) is 12.1 Å². The summed E-state index contributed by atoms with van der Waals surface area (Å²) >= 11 is 5.87. The summed E-state index contributed by atoms with van der Waals surface area (Å²) in [6.45, 7) is 2.10. The van der Waals surface area contributed by atoms with Crippen LogP contribution in [0.3, 0.4) is 0 Å². The van der Waals surface area contributed by atoms with Crippen molar-refractivity contribution in [1.29, 1.82) is 0 Å². The van der Waals surface area contributed by atoms with E-state index in [2.05, 4.69) is 5.32 Å². The number of carbonyl (C=O) groups excluding carboxylic acids is 1. The Hall–Kier alpha value is -2.44. The van der Waals surface area contributed by atoms with Crippen molar-refractivity contribution in [3.8, 4) is 5.75 Å². The number of halogens is 1. The topological polar surface area (TPSA) is 87.8 Å². The number of aliphatic hydroxyl groups is 1. The number of hydrogen-bond donors (Lipinski definition) is 3. The molecule has 24 heavy (non-hydrogen) atoms. The van der Waals surface area contributed by atoms with Gasteiger partial charge in [-0.25, -0.2) is 4.42 Å². The van der Waals surface area contributed by atoms with Crippen LogP contribution < -0.4 is 20.2 Å². The Morgan fingerprint density at radius 3 is 2.62 bits per heavy atom. The number of hydrogen-bond acceptors (Lipinski definition) is 5. The van der Waals surface area contributed by atoms with Gasteiger partial charge in [0.1, 0.15) is 12.4 Å². The molecule has 0 saturated heterocycles. The third-order valence-corrected chi connectivity index (χ3v) is 3.71. The van der Waals surface area contributed by atoms with Crippen molar-refractivity contribution in [1.82, 2.24) is 0 Å². The molecule has 128 valence electrons. The highest BCUT2D eigenvalue weighted by molar-refractivity contribution is 6.36. The molecule has 0 saturated carbocycles. The minimum atomic E-state index is -0.243. The predicted octanol–water partition coefficient (Wildman–Crippen LogP) is 2.76. The SMILES string of the molecule is CC(=O)N(Cl)c1ccc(CNc2cc(N)ccc2OCCO)cc1. The number of benzene rings is 2. The number of ether oxygens (including phenoxy) is 1. The molecular weight excluding hydrogens is 330 g/mol. The summed E-state index contributed by atoms with van der Waals surface area (Å²) in [5.41, 5.74) is 8.79. The van der Waals surface area contributed by atoms with Crippen LogP contribution in [0, 0.1) is 0 Å². The van der Waals surface area contributed by atoms with Gasteiger partial charge in [-0.05, 0) is 35.9 Å². The molecule has 0 atom stereocenters. The van der Waals surface area contributed by atoms with Crippen molar-refractivity contribution in [3.63, 3.8) is 0 Å². The zero-order valence-electron chi connectivity index (χ0n) is 13.3. The van der Waals surface area contributed by atoms with E-state index >= 15 is 0 Å². The van der Waals surface area contributed by atoms with Crippen molar-refractivity contribution in [2.24, 2.45) is 0 Å². The molecule has 0 spiro atoms. The highest BCUT2D eigenvalue weighted by Gasteiger charge is 2.08. The number of carbonyl (C=O) groups is 1. The number of rotatable bonds is 7. The molecule has 7 heteroatoms. The van der Waals surface area contributed by atoms with Gasteiger partial charge in [0.05, 0.1) is 18.0 Å². The van der Waals surface area contributed by atoms with Crippen LogP contribution in [0.1, 0.15) is 12.5 Å². The monoisotopic (exact) mass is 349 g/mol. The first-order valence-electron chi connectivity index (χ1n) is 7.43. The van der Waals surface area contributed by atoms with Gasteiger partial charge >= 0.3 is 0 Å². The second-order valence-electron chi connectivity index (χ2n) is 5.15. The van der Waals surface area contributed by atoms with E-state index in [4.69, 9.17) is 27.4 Å². The Morgan fingerprint density at radius 2 is 2.00 bits per heavy atom. The van der Waals surface area contributed by atoms with E-state index in [-0.39, 0.29) is 19.1 Å². The van der Waals surface area contributed by atoms with Crippen molar-refractivity contribution in [2.75, 3.05) is 28.7 Å². The number of nitrogen functional groups attached to an aromatic ring is 1. The van der Waals surface area contributed by atoms with Gasteiger partial charge in [0, 0.05) is 30.9 Å². The van der Waals surface area contributed by atoms with Crippen LogP contribution in [0.4, 0.5) is 17.1 Å². The van der Waals surface area contributed by atoms with Crippen LogP contribution in [0.2, 0.25) is 0 Å². The molecule has 0 unspecified atom stereocenters. The summed E-state index contributed by atoms with van der Waals surface area (Å²) in [6, 6.07) is 12.6. The first kappa shape index (κ1) is 17.9. The number of nitrogens with two attached hydrogens (primary N) is 1. The predicted molar refractivity (Wildman–Crippen MR) is 96.2 cm³/mol. The third kappa shape index (κ3) is 4.78. The van der Waals surface area contributed by atoms with E-state index in [1.165, 1.54) is 6.92 Å². The third-order valence-electron chi connectivity index (χ3n) is 3.27. The summed E-state index contributed by atoms with van der Waals surface area (Å²) in [5, 5.41) is 12.1. The zero-order chi connectivity index (χ0) is 17.5. The Labute approximate surface area is 145 Å². The number of nitrogens with zero attached hydrogens (tertiary/aromatic N) is 1. The molecule has 2 aromatic carbocycles. The Kier molecular flexibility index (Phi) is 6.28. The molecule has 0 aromatic heterocycles. The fourth-order valence-corrected chi connectivity index (χ4v) is 2.20. The van der Waals surface area contributed by atoms with Gasteiger partial charge in [0.2, 0.25) is 5.91 Å². The summed E-state index contributed by atoms with van der Waals surface area (Å²) in [7, 11) is 0. The summed E-state index contributed by atoms with van der Waals surface area (Å²) in [4.78, 5) is 11.2.